The Balaban J connectivity index is 1.54. The van der Waals surface area contributed by atoms with E-state index in [1.165, 1.54) is 5.69 Å². The number of carbonyl (C=O) groups is 2. The molecule has 5 rings (SSSR count). The van der Waals surface area contributed by atoms with Crippen molar-refractivity contribution in [3.63, 3.8) is 0 Å². The molecule has 2 aliphatic rings. The number of carbonyl (C=O) groups excluding carboxylic acids is 2. The molecule has 0 unspecified atom stereocenters. The van der Waals surface area contributed by atoms with Gasteiger partial charge in [0.25, 0.3) is 5.91 Å². The molecule has 0 atom stereocenters. The van der Waals surface area contributed by atoms with E-state index in [0.717, 1.165) is 67.6 Å². The molecule has 0 radical (unpaired) electrons. The molecular weight excluding hydrogens is 408 g/mol. The highest BCUT2D eigenvalue weighted by atomic mass is 35.5. The Hall–Kier alpha value is -2.85. The topological polar surface area (TPSA) is 42.3 Å². The average molecular weight is 433 g/mol. The summed E-state index contributed by atoms with van der Waals surface area (Å²) < 4.78 is 2.13. The molecule has 1 aromatic heterocycles. The van der Waals surface area contributed by atoms with Crippen molar-refractivity contribution in [1.29, 1.82) is 0 Å². The maximum atomic E-state index is 13.5. The fourth-order valence-electron chi connectivity index (χ4n) is 4.68. The maximum Gasteiger partial charge on any atom is 0.253 e. The van der Waals surface area contributed by atoms with E-state index in [1.807, 2.05) is 54.4 Å². The second-order valence-electron chi connectivity index (χ2n) is 8.50. The number of ketones is 1. The van der Waals surface area contributed by atoms with E-state index in [9.17, 15) is 9.59 Å². The second kappa shape index (κ2) is 8.01. The fraction of sp³-hybridized carbons (Fsp3) is 0.308. The van der Waals surface area contributed by atoms with Crippen molar-refractivity contribution in [1.82, 2.24) is 9.47 Å². The number of amides is 1. The van der Waals surface area contributed by atoms with Gasteiger partial charge in [-0.3, -0.25) is 9.59 Å². The zero-order valence-corrected chi connectivity index (χ0v) is 18.4. The smallest absolute Gasteiger partial charge is 0.253 e. The van der Waals surface area contributed by atoms with Crippen LogP contribution in [0, 0.1) is 6.92 Å². The summed E-state index contributed by atoms with van der Waals surface area (Å²) in [5.74, 6) is 0.0852. The second-order valence-corrected chi connectivity index (χ2v) is 8.91. The Bertz CT molecular complexity index is 1150. The first kappa shape index (κ1) is 20.1. The van der Waals surface area contributed by atoms with E-state index >= 15 is 0 Å². The lowest BCUT2D eigenvalue weighted by atomic mass is 9.91. The summed E-state index contributed by atoms with van der Waals surface area (Å²) in [5.41, 5.74) is 6.25. The standard InChI is InChI=1S/C26H25ClN2O2/c1-17-6-4-8-22(27)24(17)25(30)21-16-29(23-9-3-2-7-20(21)23)19-12-10-18(11-13-19)26(31)28-14-5-15-28/h4,6,8,10-13,16H,2-3,5,7,9,14-15H2,1H3. The summed E-state index contributed by atoms with van der Waals surface area (Å²) in [7, 11) is 0. The molecule has 31 heavy (non-hydrogen) atoms. The van der Waals surface area contributed by atoms with Crippen molar-refractivity contribution >= 4 is 23.3 Å². The van der Waals surface area contributed by atoms with Crippen LogP contribution >= 0.6 is 11.6 Å². The Morgan fingerprint density at radius 3 is 2.35 bits per heavy atom. The van der Waals surface area contributed by atoms with Crippen LogP contribution in [0.4, 0.5) is 0 Å². The van der Waals surface area contributed by atoms with Gasteiger partial charge in [0.2, 0.25) is 0 Å². The minimum atomic E-state index is -0.00965. The third kappa shape index (κ3) is 3.49. The zero-order chi connectivity index (χ0) is 21.5. The van der Waals surface area contributed by atoms with Gasteiger partial charge in [-0.25, -0.2) is 0 Å². The van der Waals surface area contributed by atoms with Crippen LogP contribution in [0.1, 0.15) is 62.4 Å². The first-order valence-corrected chi connectivity index (χ1v) is 11.3. The van der Waals surface area contributed by atoms with Crippen molar-refractivity contribution in [3.8, 4) is 5.69 Å². The van der Waals surface area contributed by atoms with E-state index in [4.69, 9.17) is 11.6 Å². The van der Waals surface area contributed by atoms with Crippen LogP contribution in [0.25, 0.3) is 5.69 Å². The fourth-order valence-corrected chi connectivity index (χ4v) is 4.98. The quantitative estimate of drug-likeness (QED) is 0.518. The highest BCUT2D eigenvalue weighted by Crippen LogP contribution is 2.32. The van der Waals surface area contributed by atoms with Gasteiger partial charge in [-0.15, -0.1) is 0 Å². The van der Waals surface area contributed by atoms with Gasteiger partial charge in [0.15, 0.2) is 5.78 Å². The lowest BCUT2D eigenvalue weighted by Crippen LogP contribution is -2.41. The van der Waals surface area contributed by atoms with Gasteiger partial charge in [0.1, 0.15) is 0 Å². The highest BCUT2D eigenvalue weighted by molar-refractivity contribution is 6.35. The minimum Gasteiger partial charge on any atom is -0.339 e. The molecular formula is C26H25ClN2O2. The molecule has 2 aromatic carbocycles. The SMILES string of the molecule is Cc1cccc(Cl)c1C(=O)c1cn(-c2ccc(C(=O)N3CCC3)cc2)c2c1CCCC2. The molecule has 1 saturated heterocycles. The number of likely N-dealkylation sites (tertiary alicyclic amines) is 1. The summed E-state index contributed by atoms with van der Waals surface area (Å²) in [5, 5.41) is 0.496. The summed E-state index contributed by atoms with van der Waals surface area (Å²) in [6, 6.07) is 13.3. The van der Waals surface area contributed by atoms with Crippen LogP contribution in [-0.2, 0) is 12.8 Å². The van der Waals surface area contributed by atoms with Gasteiger partial charge in [0, 0.05) is 47.4 Å². The number of aromatic nitrogens is 1. The van der Waals surface area contributed by atoms with Crippen LogP contribution in [-0.4, -0.2) is 34.2 Å². The minimum absolute atomic E-state index is 0.00965. The van der Waals surface area contributed by atoms with Crippen molar-refractivity contribution in [2.45, 2.75) is 39.0 Å². The Kier molecular flexibility index (Phi) is 5.19. The van der Waals surface area contributed by atoms with E-state index in [-0.39, 0.29) is 11.7 Å². The Morgan fingerprint density at radius 1 is 0.935 bits per heavy atom. The van der Waals surface area contributed by atoms with Crippen molar-refractivity contribution in [2.75, 3.05) is 13.1 Å². The van der Waals surface area contributed by atoms with Crippen molar-refractivity contribution in [2.24, 2.45) is 0 Å². The van der Waals surface area contributed by atoms with Crippen LogP contribution < -0.4 is 0 Å². The number of fused-ring (bicyclic) bond motifs is 1. The van der Waals surface area contributed by atoms with E-state index < -0.39 is 0 Å². The largest absolute Gasteiger partial charge is 0.339 e. The van der Waals surface area contributed by atoms with Crippen LogP contribution in [0.2, 0.25) is 5.02 Å². The molecule has 0 spiro atoms. The third-order valence-electron chi connectivity index (χ3n) is 6.54. The molecule has 1 fully saturated rings. The predicted octanol–water partition coefficient (Wildman–Crippen LogP) is 5.39. The number of nitrogens with zero attached hydrogens (tertiary/aromatic N) is 2. The average Bonchev–Trinajstić information content (AvgIpc) is 3.12. The van der Waals surface area contributed by atoms with Crippen LogP contribution in [0.3, 0.4) is 0 Å². The highest BCUT2D eigenvalue weighted by Gasteiger charge is 2.26. The summed E-state index contributed by atoms with van der Waals surface area (Å²) in [6.07, 6.45) is 7.09. The Morgan fingerprint density at radius 2 is 1.68 bits per heavy atom. The van der Waals surface area contributed by atoms with Gasteiger partial charge >= 0.3 is 0 Å². The molecule has 1 amide bonds. The molecule has 1 aliphatic carbocycles. The third-order valence-corrected chi connectivity index (χ3v) is 6.86. The van der Waals surface area contributed by atoms with Crippen molar-refractivity contribution in [3.05, 3.63) is 87.2 Å². The van der Waals surface area contributed by atoms with Gasteiger partial charge < -0.3 is 9.47 Å². The number of hydrogen-bond donors (Lipinski definition) is 0. The normalized spacial score (nSPS) is 15.4. The number of halogens is 1. The van der Waals surface area contributed by atoms with E-state index in [1.54, 1.807) is 6.07 Å². The lowest BCUT2D eigenvalue weighted by molar-refractivity contribution is 0.0651. The summed E-state index contributed by atoms with van der Waals surface area (Å²) in [4.78, 5) is 27.9. The van der Waals surface area contributed by atoms with Gasteiger partial charge in [-0.1, -0.05) is 23.7 Å². The number of hydrogen-bond acceptors (Lipinski definition) is 2. The van der Waals surface area contributed by atoms with Gasteiger partial charge in [-0.05, 0) is 80.5 Å². The van der Waals surface area contributed by atoms with Crippen molar-refractivity contribution < 1.29 is 9.59 Å². The molecule has 0 saturated carbocycles. The number of benzene rings is 2. The van der Waals surface area contributed by atoms with E-state index in [0.29, 0.717) is 16.1 Å². The molecule has 5 heteroatoms. The monoisotopic (exact) mass is 432 g/mol. The molecule has 158 valence electrons. The summed E-state index contributed by atoms with van der Waals surface area (Å²) >= 11 is 6.41. The first-order chi connectivity index (χ1) is 15.0. The molecule has 3 aromatic rings. The number of aryl methyl sites for hydroxylation is 1. The number of rotatable bonds is 4. The predicted molar refractivity (Wildman–Crippen MR) is 123 cm³/mol. The van der Waals surface area contributed by atoms with Gasteiger partial charge in [0.05, 0.1) is 5.02 Å². The Labute approximate surface area is 187 Å². The van der Waals surface area contributed by atoms with Gasteiger partial charge in [-0.2, -0.15) is 0 Å². The molecule has 2 heterocycles. The molecule has 0 N–H and O–H groups in total. The van der Waals surface area contributed by atoms with Crippen LogP contribution in [0.15, 0.2) is 48.7 Å². The summed E-state index contributed by atoms with van der Waals surface area (Å²) in [6.45, 7) is 3.62. The molecule has 0 bridgehead atoms. The van der Waals surface area contributed by atoms with E-state index in [2.05, 4.69) is 4.57 Å². The molecule has 1 aliphatic heterocycles. The molecule has 4 nitrogen and oxygen atoms in total. The zero-order valence-electron chi connectivity index (χ0n) is 17.7. The maximum absolute atomic E-state index is 13.5. The van der Waals surface area contributed by atoms with Crippen LogP contribution in [0.5, 0.6) is 0 Å². The first-order valence-electron chi connectivity index (χ1n) is 11.0. The lowest BCUT2D eigenvalue weighted by Gasteiger charge is -2.30.